The van der Waals surface area contributed by atoms with Crippen LogP contribution in [0.5, 0.6) is 0 Å². The van der Waals surface area contributed by atoms with Crippen molar-refractivity contribution in [3.63, 3.8) is 0 Å². The topological polar surface area (TPSA) is 50.1 Å². The minimum atomic E-state index is -1.37. The highest BCUT2D eigenvalue weighted by atomic mass is 19.1. The molecule has 1 atom stereocenters. The van der Waals surface area contributed by atoms with E-state index in [0.717, 1.165) is 11.1 Å². The number of allylic oxidation sites excluding steroid dienone is 2. The highest BCUT2D eigenvalue weighted by Gasteiger charge is 2.37. The fraction of sp³-hybridized carbons (Fsp3) is 0.375. The lowest BCUT2D eigenvalue weighted by Crippen LogP contribution is -2.28. The largest absolute Gasteiger partial charge is 0.468 e. The second-order valence-electron chi connectivity index (χ2n) is 5.15. The number of hydrogen-bond acceptors (Lipinski definition) is 3. The van der Waals surface area contributed by atoms with Gasteiger partial charge in [0.2, 0.25) is 0 Å². The molecule has 0 aromatic heterocycles. The van der Waals surface area contributed by atoms with Gasteiger partial charge in [-0.1, -0.05) is 24.3 Å². The summed E-state index contributed by atoms with van der Waals surface area (Å²) in [5.41, 5.74) is 0.920. The quantitative estimate of drug-likeness (QED) is 0.793. The molecule has 20 heavy (non-hydrogen) atoms. The Balaban J connectivity index is 2.42. The van der Waals surface area contributed by atoms with E-state index in [4.69, 9.17) is 0 Å². The van der Waals surface area contributed by atoms with Crippen LogP contribution in [0, 0.1) is 16.7 Å². The van der Waals surface area contributed by atoms with Gasteiger partial charge in [0, 0.05) is 12.8 Å². The Hall–Kier alpha value is -2.15. The zero-order valence-corrected chi connectivity index (χ0v) is 11.6. The molecule has 0 radical (unpaired) electrons. The molecule has 1 aliphatic rings. The van der Waals surface area contributed by atoms with E-state index in [2.05, 4.69) is 4.74 Å². The zero-order valence-electron chi connectivity index (χ0n) is 11.6. The highest BCUT2D eigenvalue weighted by molar-refractivity contribution is 5.84. The monoisotopic (exact) mass is 273 g/mol. The summed E-state index contributed by atoms with van der Waals surface area (Å²) in [6.07, 6.45) is 0.987. The third-order valence-electron chi connectivity index (χ3n) is 3.70. The van der Waals surface area contributed by atoms with E-state index in [1.165, 1.54) is 14.0 Å². The summed E-state index contributed by atoms with van der Waals surface area (Å²) < 4.78 is 18.8. The molecule has 0 heterocycles. The Kier molecular flexibility index (Phi) is 3.89. The van der Waals surface area contributed by atoms with Crippen molar-refractivity contribution in [2.24, 2.45) is 5.41 Å². The molecular weight excluding hydrogens is 257 g/mol. The molecule has 1 aromatic rings. The number of aryl methyl sites for hydroxylation is 1. The van der Waals surface area contributed by atoms with Crippen molar-refractivity contribution in [2.45, 2.75) is 26.2 Å². The number of benzene rings is 1. The molecule has 0 bridgehead atoms. The van der Waals surface area contributed by atoms with E-state index < -0.39 is 11.4 Å². The molecule has 2 rings (SSSR count). The van der Waals surface area contributed by atoms with Gasteiger partial charge in [0.05, 0.1) is 13.2 Å². The number of ether oxygens (including phenoxy) is 1. The van der Waals surface area contributed by atoms with Crippen molar-refractivity contribution in [1.82, 2.24) is 0 Å². The van der Waals surface area contributed by atoms with Crippen LogP contribution < -0.4 is 0 Å². The second kappa shape index (κ2) is 5.46. The van der Waals surface area contributed by atoms with Crippen LogP contribution in [0.1, 0.15) is 30.9 Å². The van der Waals surface area contributed by atoms with Crippen LogP contribution in [0.15, 0.2) is 30.1 Å². The molecular formula is C16H16FNO2. The standard InChI is InChI=1S/C16H16FNO2/c1-16(10-18,15(19)20-2)9-13-12-6-4-3-5-11(12)7-8-14(13)17/h3-6H,7-9H2,1-2H3. The van der Waals surface area contributed by atoms with Gasteiger partial charge >= 0.3 is 5.97 Å². The average Bonchev–Trinajstić information content (AvgIpc) is 2.49. The first-order chi connectivity index (χ1) is 9.51. The Labute approximate surface area is 117 Å². The molecule has 1 aliphatic carbocycles. The van der Waals surface area contributed by atoms with Crippen LogP contribution >= 0.6 is 0 Å². The third-order valence-corrected chi connectivity index (χ3v) is 3.70. The first kappa shape index (κ1) is 14.3. The van der Waals surface area contributed by atoms with Gasteiger partial charge in [-0.05, 0) is 30.0 Å². The summed E-state index contributed by atoms with van der Waals surface area (Å²) in [4.78, 5) is 11.8. The summed E-state index contributed by atoms with van der Waals surface area (Å²) in [7, 11) is 1.23. The van der Waals surface area contributed by atoms with E-state index in [1.54, 1.807) is 0 Å². The lowest BCUT2D eigenvalue weighted by molar-refractivity contribution is -0.148. The SMILES string of the molecule is COC(=O)C(C)(C#N)CC1=C(F)CCc2ccccc21. The summed E-state index contributed by atoms with van der Waals surface area (Å²) in [6.45, 7) is 1.48. The molecule has 3 nitrogen and oxygen atoms in total. The van der Waals surface area contributed by atoms with Gasteiger partial charge in [0.1, 0.15) is 5.83 Å². The second-order valence-corrected chi connectivity index (χ2v) is 5.15. The number of methoxy groups -OCH3 is 1. The maximum Gasteiger partial charge on any atom is 0.326 e. The van der Waals surface area contributed by atoms with Crippen molar-refractivity contribution in [2.75, 3.05) is 7.11 Å². The fourth-order valence-corrected chi connectivity index (χ4v) is 2.50. The number of halogens is 1. The molecule has 0 spiro atoms. The van der Waals surface area contributed by atoms with Crippen LogP contribution in [0.3, 0.4) is 0 Å². The minimum Gasteiger partial charge on any atom is -0.468 e. The van der Waals surface area contributed by atoms with Gasteiger partial charge in [-0.2, -0.15) is 5.26 Å². The molecule has 0 N–H and O–H groups in total. The smallest absolute Gasteiger partial charge is 0.326 e. The van der Waals surface area contributed by atoms with Crippen LogP contribution in [-0.4, -0.2) is 13.1 Å². The molecule has 0 fully saturated rings. The Morgan fingerprint density at radius 2 is 2.15 bits per heavy atom. The molecule has 4 heteroatoms. The molecule has 1 aromatic carbocycles. The highest BCUT2D eigenvalue weighted by Crippen LogP contribution is 2.39. The number of nitrogens with zero attached hydrogens (tertiary/aromatic N) is 1. The van der Waals surface area contributed by atoms with E-state index in [9.17, 15) is 14.4 Å². The van der Waals surface area contributed by atoms with Gasteiger partial charge in [-0.15, -0.1) is 0 Å². The maximum absolute atomic E-state index is 14.2. The summed E-state index contributed by atoms with van der Waals surface area (Å²) in [5, 5.41) is 9.26. The first-order valence-corrected chi connectivity index (χ1v) is 6.47. The molecule has 104 valence electrons. The van der Waals surface area contributed by atoms with E-state index in [-0.39, 0.29) is 12.2 Å². The third kappa shape index (κ3) is 2.44. The lowest BCUT2D eigenvalue weighted by Gasteiger charge is -2.25. The van der Waals surface area contributed by atoms with Crippen molar-refractivity contribution in [3.8, 4) is 6.07 Å². The normalized spacial score (nSPS) is 16.9. The number of rotatable bonds is 3. The minimum absolute atomic E-state index is 0.0268. The van der Waals surface area contributed by atoms with Gasteiger partial charge in [0.15, 0.2) is 5.41 Å². The molecule has 1 unspecified atom stereocenters. The summed E-state index contributed by atoms with van der Waals surface area (Å²) >= 11 is 0. The predicted octanol–water partition coefficient (Wildman–Crippen LogP) is 3.41. The number of esters is 1. The first-order valence-electron chi connectivity index (χ1n) is 6.47. The van der Waals surface area contributed by atoms with Gasteiger partial charge < -0.3 is 4.74 Å². The van der Waals surface area contributed by atoms with Gasteiger partial charge in [-0.3, -0.25) is 4.79 Å². The van der Waals surface area contributed by atoms with E-state index in [0.29, 0.717) is 18.4 Å². The van der Waals surface area contributed by atoms with Gasteiger partial charge in [-0.25, -0.2) is 4.39 Å². The Morgan fingerprint density at radius 1 is 1.45 bits per heavy atom. The van der Waals surface area contributed by atoms with Crippen molar-refractivity contribution >= 4 is 11.5 Å². The lowest BCUT2D eigenvalue weighted by atomic mass is 9.79. The van der Waals surface area contributed by atoms with Crippen molar-refractivity contribution < 1.29 is 13.9 Å². The molecule has 0 saturated carbocycles. The molecule has 0 aliphatic heterocycles. The maximum atomic E-state index is 14.2. The van der Waals surface area contributed by atoms with Crippen LogP contribution in [0.2, 0.25) is 0 Å². The Bertz CT molecular complexity index is 615. The van der Waals surface area contributed by atoms with Crippen LogP contribution in [-0.2, 0) is 16.0 Å². The predicted molar refractivity (Wildman–Crippen MR) is 73.1 cm³/mol. The van der Waals surface area contributed by atoms with E-state index in [1.807, 2.05) is 30.3 Å². The number of nitriles is 1. The number of carbonyl (C=O) groups is 1. The summed E-state index contributed by atoms with van der Waals surface area (Å²) in [5.74, 6) is -0.877. The van der Waals surface area contributed by atoms with Crippen LogP contribution in [0.4, 0.5) is 4.39 Å². The van der Waals surface area contributed by atoms with E-state index >= 15 is 0 Å². The van der Waals surface area contributed by atoms with Crippen molar-refractivity contribution in [3.05, 3.63) is 41.2 Å². The zero-order chi connectivity index (χ0) is 14.8. The molecule has 0 amide bonds. The van der Waals surface area contributed by atoms with Gasteiger partial charge in [0.25, 0.3) is 0 Å². The number of carbonyl (C=O) groups excluding carboxylic acids is 1. The summed E-state index contributed by atoms with van der Waals surface area (Å²) in [6, 6.07) is 9.47. The van der Waals surface area contributed by atoms with Crippen molar-refractivity contribution in [1.29, 1.82) is 5.26 Å². The Morgan fingerprint density at radius 3 is 2.80 bits per heavy atom. The molecule has 0 saturated heterocycles. The van der Waals surface area contributed by atoms with Crippen LogP contribution in [0.25, 0.3) is 5.57 Å². The average molecular weight is 273 g/mol. The fourth-order valence-electron chi connectivity index (χ4n) is 2.50. The number of hydrogen-bond donors (Lipinski definition) is 0. The number of fused-ring (bicyclic) bond motifs is 1.